The smallest absolute Gasteiger partial charge is 0.0737 e. The van der Waals surface area contributed by atoms with E-state index in [1.54, 1.807) is 0 Å². The van der Waals surface area contributed by atoms with Crippen LogP contribution in [0.1, 0.15) is 50.6 Å². The number of fused-ring (bicyclic) bond motifs is 8. The van der Waals surface area contributed by atoms with Gasteiger partial charge in [0.2, 0.25) is 0 Å². The van der Waals surface area contributed by atoms with Crippen LogP contribution < -0.4 is 0 Å². The van der Waals surface area contributed by atoms with E-state index in [-0.39, 0.29) is 0 Å². The minimum Gasteiger partial charge on any atom is -0.354 e. The van der Waals surface area contributed by atoms with Crippen LogP contribution in [0.15, 0.2) is 146 Å². The first-order chi connectivity index (χ1) is 29.3. The van der Waals surface area contributed by atoms with E-state index in [2.05, 4.69) is 208 Å². The summed E-state index contributed by atoms with van der Waals surface area (Å²) in [6.45, 7) is 12.5. The van der Waals surface area contributed by atoms with Crippen LogP contribution in [0.2, 0.25) is 0 Å². The van der Waals surface area contributed by atoms with E-state index in [1.165, 1.54) is 22.3 Å². The second-order valence-electron chi connectivity index (χ2n) is 16.0. The van der Waals surface area contributed by atoms with Crippen LogP contribution in [-0.4, -0.2) is 19.9 Å². The van der Waals surface area contributed by atoms with Gasteiger partial charge >= 0.3 is 0 Å². The highest BCUT2D eigenvalue weighted by Gasteiger charge is 2.21. The summed E-state index contributed by atoms with van der Waals surface area (Å²) >= 11 is 0. The first-order valence-corrected chi connectivity index (χ1v) is 20.5. The number of hydrogen-bond donors (Lipinski definition) is 2. The normalized spacial score (nSPS) is 11.9. The molecule has 3 aromatic heterocycles. The van der Waals surface area contributed by atoms with Crippen molar-refractivity contribution in [2.24, 2.45) is 0 Å². The Morgan fingerprint density at radius 2 is 0.733 bits per heavy atom. The summed E-state index contributed by atoms with van der Waals surface area (Å²) in [6, 6.07) is 50.3. The molecule has 10 rings (SSSR count). The van der Waals surface area contributed by atoms with Crippen molar-refractivity contribution in [2.75, 3.05) is 0 Å². The van der Waals surface area contributed by atoms with E-state index in [1.807, 2.05) is 6.08 Å². The minimum atomic E-state index is 0.882. The Hall–Kier alpha value is -7.56. The van der Waals surface area contributed by atoms with Crippen LogP contribution in [0, 0.1) is 27.7 Å². The van der Waals surface area contributed by atoms with Gasteiger partial charge in [-0.1, -0.05) is 156 Å². The second kappa shape index (κ2) is 15.0. The Morgan fingerprint density at radius 1 is 0.383 bits per heavy atom. The molecule has 5 aromatic carbocycles. The molecule has 0 atom stereocenters. The van der Waals surface area contributed by atoms with Gasteiger partial charge in [-0.15, -0.1) is 0 Å². The summed E-state index contributed by atoms with van der Waals surface area (Å²) in [7, 11) is 0. The maximum atomic E-state index is 5.56. The van der Waals surface area contributed by atoms with Crippen molar-refractivity contribution in [3.63, 3.8) is 0 Å². The van der Waals surface area contributed by atoms with E-state index in [4.69, 9.17) is 9.97 Å². The third-order valence-corrected chi connectivity index (χ3v) is 11.7. The van der Waals surface area contributed by atoms with E-state index < -0.39 is 0 Å². The Morgan fingerprint density at radius 3 is 1.13 bits per heavy atom. The maximum absolute atomic E-state index is 5.56. The van der Waals surface area contributed by atoms with E-state index >= 15 is 0 Å². The summed E-state index contributed by atoms with van der Waals surface area (Å²) in [6.07, 6.45) is 10.6. The number of hydrogen-bond acceptors (Lipinski definition) is 2. The van der Waals surface area contributed by atoms with Gasteiger partial charge in [0.25, 0.3) is 0 Å². The molecule has 288 valence electrons. The number of nitrogens with zero attached hydrogens (tertiary/aromatic N) is 2. The molecular formula is C56H44N4. The van der Waals surface area contributed by atoms with Crippen LogP contribution in [-0.2, 0) is 0 Å². The van der Waals surface area contributed by atoms with Crippen LogP contribution >= 0.6 is 0 Å². The highest BCUT2D eigenvalue weighted by molar-refractivity contribution is 6.04. The molecular weight excluding hydrogens is 729 g/mol. The molecule has 0 fully saturated rings. The number of aromatic amines is 2. The zero-order valence-electron chi connectivity index (χ0n) is 34.3. The van der Waals surface area contributed by atoms with Crippen molar-refractivity contribution in [1.29, 1.82) is 0 Å². The zero-order valence-corrected chi connectivity index (χ0v) is 34.3. The third-order valence-electron chi connectivity index (χ3n) is 11.7. The van der Waals surface area contributed by atoms with E-state index in [0.29, 0.717) is 0 Å². The first kappa shape index (κ1) is 36.8. The predicted octanol–water partition coefficient (Wildman–Crippen LogP) is 14.9. The molecule has 0 aliphatic carbocycles. The Labute approximate surface area is 351 Å². The van der Waals surface area contributed by atoms with Gasteiger partial charge in [-0.2, -0.15) is 0 Å². The molecule has 4 heteroatoms. The van der Waals surface area contributed by atoms with Gasteiger partial charge in [0.1, 0.15) is 0 Å². The Kier molecular flexibility index (Phi) is 9.18. The minimum absolute atomic E-state index is 0.882. The van der Waals surface area contributed by atoms with E-state index in [9.17, 15) is 0 Å². The fourth-order valence-corrected chi connectivity index (χ4v) is 8.41. The molecule has 5 heterocycles. The number of rotatable bonds is 6. The van der Waals surface area contributed by atoms with Crippen LogP contribution in [0.3, 0.4) is 0 Å². The number of aryl methyl sites for hydroxylation is 4. The summed E-state index contributed by atoms with van der Waals surface area (Å²) in [4.78, 5) is 19.0. The number of benzene rings is 5. The topological polar surface area (TPSA) is 57.4 Å². The molecule has 4 nitrogen and oxygen atoms in total. The zero-order chi connectivity index (χ0) is 40.9. The molecule has 8 bridgehead atoms. The van der Waals surface area contributed by atoms with Gasteiger partial charge in [0.05, 0.1) is 28.3 Å². The first-order valence-electron chi connectivity index (χ1n) is 20.5. The molecule has 0 unspecified atom stereocenters. The summed E-state index contributed by atoms with van der Waals surface area (Å²) in [5.41, 5.74) is 24.0. The molecule has 0 saturated heterocycles. The number of nitrogens with one attached hydrogen (secondary N) is 2. The van der Waals surface area contributed by atoms with Gasteiger partial charge in [-0.25, -0.2) is 9.97 Å². The SMILES string of the molecule is C=Cc1ccc(-c2cc3[nH]c2c(-c2ccc(C)cc2)c2nc(c(-c4ccc(C)cc4)c4ccc([nH]4)c(-c4ccc(C)cc4)c4nc(c3-c3ccc(C)cc3)C=C4)C=C2)cc1. The van der Waals surface area contributed by atoms with Crippen LogP contribution in [0.25, 0.3) is 108 Å². The molecule has 0 spiro atoms. The lowest BCUT2D eigenvalue weighted by molar-refractivity contribution is 1.31. The molecule has 2 N–H and O–H groups in total. The van der Waals surface area contributed by atoms with Gasteiger partial charge in [-0.3, -0.25) is 0 Å². The monoisotopic (exact) mass is 772 g/mol. The van der Waals surface area contributed by atoms with Crippen LogP contribution in [0.4, 0.5) is 0 Å². The van der Waals surface area contributed by atoms with Crippen molar-refractivity contribution in [3.05, 3.63) is 197 Å². The molecule has 0 saturated carbocycles. The van der Waals surface area contributed by atoms with Crippen molar-refractivity contribution >= 4 is 52.4 Å². The predicted molar refractivity (Wildman–Crippen MR) is 255 cm³/mol. The highest BCUT2D eigenvalue weighted by atomic mass is 14.8. The lowest BCUT2D eigenvalue weighted by atomic mass is 9.97. The van der Waals surface area contributed by atoms with Gasteiger partial charge in [0.15, 0.2) is 0 Å². The fraction of sp³-hybridized carbons (Fsp3) is 0.0714. The summed E-state index contributed by atoms with van der Waals surface area (Å²) in [5, 5.41) is 0. The Balaban J connectivity index is 1.43. The maximum Gasteiger partial charge on any atom is 0.0737 e. The average Bonchev–Trinajstić information content (AvgIpc) is 4.11. The average molecular weight is 773 g/mol. The van der Waals surface area contributed by atoms with Gasteiger partial charge in [-0.05, 0) is 104 Å². The van der Waals surface area contributed by atoms with Crippen molar-refractivity contribution < 1.29 is 0 Å². The fourth-order valence-electron chi connectivity index (χ4n) is 8.41. The number of aromatic nitrogens is 4. The van der Waals surface area contributed by atoms with Gasteiger partial charge in [0, 0.05) is 44.4 Å². The molecule has 8 aromatic rings. The second-order valence-corrected chi connectivity index (χ2v) is 16.0. The summed E-state index contributed by atoms with van der Waals surface area (Å²) in [5.74, 6) is 0. The molecule has 60 heavy (non-hydrogen) atoms. The largest absolute Gasteiger partial charge is 0.354 e. The standard InChI is InChI=1S/C56H44N4/c1-6-38-15-25-39(26-16-38)44-33-51-54(42-21-11-36(4)12-22-42)49-30-29-47(58-49)52(40-17-7-34(2)8-18-40)45-27-28-46(57-45)53(41-19-9-35(3)10-20-41)48-31-32-50(59-48)55(56(44)60-51)43-23-13-37(5)14-24-43/h6-33,57,60H,1H2,2-5H3. The molecule has 0 amide bonds. The molecule has 2 aliphatic heterocycles. The van der Waals surface area contributed by atoms with Crippen molar-refractivity contribution in [1.82, 2.24) is 19.9 Å². The number of H-pyrrole nitrogens is 2. The van der Waals surface area contributed by atoms with Crippen LogP contribution in [0.5, 0.6) is 0 Å². The molecule has 2 aliphatic rings. The van der Waals surface area contributed by atoms with Crippen molar-refractivity contribution in [2.45, 2.75) is 27.7 Å². The third kappa shape index (κ3) is 6.72. The molecule has 0 radical (unpaired) electrons. The summed E-state index contributed by atoms with van der Waals surface area (Å²) < 4.78 is 0. The lowest BCUT2D eigenvalue weighted by Crippen LogP contribution is -1.90. The van der Waals surface area contributed by atoms with Crippen molar-refractivity contribution in [3.8, 4) is 55.6 Å². The quantitative estimate of drug-likeness (QED) is 0.177. The Bertz CT molecular complexity index is 3190. The highest BCUT2D eigenvalue weighted by Crippen LogP contribution is 2.42. The lowest BCUT2D eigenvalue weighted by Gasteiger charge is -2.09. The van der Waals surface area contributed by atoms with E-state index in [0.717, 1.165) is 106 Å². The van der Waals surface area contributed by atoms with Gasteiger partial charge < -0.3 is 9.97 Å².